The SMILES string of the molecule is C.NCCC(C(=O)N1Cc2[nH]nc(-c3ccc(C(=O)O)cc3)c2C1)c1cccc(Cl)c1Cl. The van der Waals surface area contributed by atoms with Gasteiger partial charge in [0, 0.05) is 11.1 Å². The number of benzene rings is 2. The Morgan fingerprint density at radius 2 is 1.88 bits per heavy atom. The molecule has 168 valence electrons. The van der Waals surface area contributed by atoms with Gasteiger partial charge in [0.25, 0.3) is 0 Å². The molecule has 0 fully saturated rings. The molecule has 7 nitrogen and oxygen atoms in total. The lowest BCUT2D eigenvalue weighted by atomic mass is 9.94. The fourth-order valence-corrected chi connectivity index (χ4v) is 4.33. The third-order valence-electron chi connectivity index (χ3n) is 5.48. The summed E-state index contributed by atoms with van der Waals surface area (Å²) in [5, 5.41) is 17.2. The molecule has 1 aliphatic heterocycles. The van der Waals surface area contributed by atoms with E-state index in [0.29, 0.717) is 47.4 Å². The Kier molecular flexibility index (Phi) is 7.23. The van der Waals surface area contributed by atoms with Gasteiger partial charge in [0.1, 0.15) is 0 Å². The molecule has 2 heterocycles. The Bertz CT molecular complexity index is 1140. The van der Waals surface area contributed by atoms with Crippen molar-refractivity contribution in [2.75, 3.05) is 6.54 Å². The predicted molar refractivity (Wildman–Crippen MR) is 125 cm³/mol. The van der Waals surface area contributed by atoms with Gasteiger partial charge in [-0.3, -0.25) is 9.89 Å². The van der Waals surface area contributed by atoms with Crippen molar-refractivity contribution in [2.24, 2.45) is 5.73 Å². The van der Waals surface area contributed by atoms with Crippen molar-refractivity contribution in [1.82, 2.24) is 15.1 Å². The molecule has 1 aromatic heterocycles. The van der Waals surface area contributed by atoms with E-state index in [1.54, 1.807) is 35.2 Å². The van der Waals surface area contributed by atoms with Crippen LogP contribution in [0.4, 0.5) is 0 Å². The van der Waals surface area contributed by atoms with E-state index in [-0.39, 0.29) is 18.9 Å². The molecule has 1 atom stereocenters. The molecule has 1 aliphatic rings. The van der Waals surface area contributed by atoms with Gasteiger partial charge in [-0.15, -0.1) is 0 Å². The smallest absolute Gasteiger partial charge is 0.335 e. The van der Waals surface area contributed by atoms with Crippen molar-refractivity contribution in [3.63, 3.8) is 0 Å². The lowest BCUT2D eigenvalue weighted by Gasteiger charge is -2.24. The van der Waals surface area contributed by atoms with Gasteiger partial charge in [0.15, 0.2) is 0 Å². The zero-order chi connectivity index (χ0) is 22.1. The van der Waals surface area contributed by atoms with Gasteiger partial charge >= 0.3 is 5.97 Å². The molecule has 0 aliphatic carbocycles. The third-order valence-corrected chi connectivity index (χ3v) is 6.31. The summed E-state index contributed by atoms with van der Waals surface area (Å²) in [7, 11) is 0. The highest BCUT2D eigenvalue weighted by Crippen LogP contribution is 2.37. The van der Waals surface area contributed by atoms with E-state index in [1.807, 2.05) is 0 Å². The van der Waals surface area contributed by atoms with Crippen LogP contribution in [0.1, 0.15) is 46.9 Å². The lowest BCUT2D eigenvalue weighted by Crippen LogP contribution is -2.32. The number of aromatic amines is 1. The summed E-state index contributed by atoms with van der Waals surface area (Å²) in [6.45, 7) is 1.12. The molecule has 4 rings (SSSR count). The summed E-state index contributed by atoms with van der Waals surface area (Å²) in [5.74, 6) is -1.56. The van der Waals surface area contributed by atoms with Crippen LogP contribution in [-0.2, 0) is 17.9 Å². The normalized spacial score (nSPS) is 13.4. The summed E-state index contributed by atoms with van der Waals surface area (Å²) in [5.41, 5.74) is 9.92. The number of fused-ring (bicyclic) bond motifs is 1. The van der Waals surface area contributed by atoms with Crippen molar-refractivity contribution >= 4 is 35.1 Å². The number of H-pyrrole nitrogens is 1. The molecule has 9 heteroatoms. The van der Waals surface area contributed by atoms with Crippen LogP contribution in [0, 0.1) is 0 Å². The summed E-state index contributed by atoms with van der Waals surface area (Å²) in [4.78, 5) is 26.2. The number of carboxylic acid groups (broad SMARTS) is 1. The number of nitrogens with one attached hydrogen (secondary N) is 1. The van der Waals surface area contributed by atoms with Gasteiger partial charge in [0.2, 0.25) is 5.91 Å². The monoisotopic (exact) mass is 474 g/mol. The fraction of sp³-hybridized carbons (Fsp3) is 0.261. The van der Waals surface area contributed by atoms with Crippen molar-refractivity contribution in [3.05, 3.63) is 74.9 Å². The molecule has 32 heavy (non-hydrogen) atoms. The first-order valence-electron chi connectivity index (χ1n) is 9.73. The lowest BCUT2D eigenvalue weighted by molar-refractivity contribution is -0.133. The molecule has 3 aromatic rings. The van der Waals surface area contributed by atoms with Crippen LogP contribution in [0.3, 0.4) is 0 Å². The Balaban J connectivity index is 0.00000289. The number of aromatic carboxylic acids is 1. The second-order valence-corrected chi connectivity index (χ2v) is 8.16. The number of carboxylic acids is 1. The predicted octanol–water partition coefficient (Wildman–Crippen LogP) is 4.69. The van der Waals surface area contributed by atoms with E-state index in [0.717, 1.165) is 16.8 Å². The molecule has 0 saturated heterocycles. The van der Waals surface area contributed by atoms with Crippen molar-refractivity contribution in [2.45, 2.75) is 32.9 Å². The first-order chi connectivity index (χ1) is 14.9. The summed E-state index contributed by atoms with van der Waals surface area (Å²) in [6, 6.07) is 11.8. The number of halogens is 2. The Hall–Kier alpha value is -2.87. The van der Waals surface area contributed by atoms with Gasteiger partial charge in [-0.25, -0.2) is 4.79 Å². The van der Waals surface area contributed by atoms with Gasteiger partial charge < -0.3 is 15.7 Å². The number of rotatable bonds is 6. The number of amides is 1. The van der Waals surface area contributed by atoms with Crippen LogP contribution in [0.15, 0.2) is 42.5 Å². The zero-order valence-electron chi connectivity index (χ0n) is 16.4. The average molecular weight is 475 g/mol. The maximum Gasteiger partial charge on any atom is 0.335 e. The number of nitrogens with zero attached hydrogens (tertiary/aromatic N) is 2. The third kappa shape index (κ3) is 4.37. The van der Waals surface area contributed by atoms with Gasteiger partial charge in [0.05, 0.1) is 46.0 Å². The second kappa shape index (κ2) is 9.73. The average Bonchev–Trinajstić information content (AvgIpc) is 3.35. The maximum absolute atomic E-state index is 13.4. The highest BCUT2D eigenvalue weighted by atomic mass is 35.5. The van der Waals surface area contributed by atoms with Gasteiger partial charge in [-0.2, -0.15) is 5.10 Å². The van der Waals surface area contributed by atoms with E-state index >= 15 is 0 Å². The molecule has 0 saturated carbocycles. The van der Waals surface area contributed by atoms with Crippen LogP contribution in [-0.4, -0.2) is 38.6 Å². The Labute approximate surface area is 196 Å². The standard InChI is InChI=1S/C22H20Cl2N4O3.CH4/c23-17-3-1-2-14(19(17)24)15(8-9-25)21(29)28-10-16-18(11-28)26-27-20(16)12-4-6-13(7-5-12)22(30)31;/h1-7,15H,8-11,25H2,(H,26,27)(H,30,31);1H4. The van der Waals surface area contributed by atoms with Crippen molar-refractivity contribution in [3.8, 4) is 11.3 Å². The van der Waals surface area contributed by atoms with Crippen LogP contribution in [0.25, 0.3) is 11.3 Å². The Morgan fingerprint density at radius 3 is 2.53 bits per heavy atom. The first kappa shape index (κ1) is 23.8. The number of carbonyl (C=O) groups is 2. The van der Waals surface area contributed by atoms with E-state index in [9.17, 15) is 9.59 Å². The first-order valence-corrected chi connectivity index (χ1v) is 10.5. The van der Waals surface area contributed by atoms with E-state index in [2.05, 4.69) is 10.2 Å². The minimum atomic E-state index is -0.985. The van der Waals surface area contributed by atoms with E-state index in [4.69, 9.17) is 34.0 Å². The number of aromatic nitrogens is 2. The van der Waals surface area contributed by atoms with Crippen molar-refractivity contribution in [1.29, 1.82) is 0 Å². The maximum atomic E-state index is 13.4. The quantitative estimate of drug-likeness (QED) is 0.479. The van der Waals surface area contributed by atoms with Crippen LogP contribution in [0.2, 0.25) is 10.0 Å². The largest absolute Gasteiger partial charge is 0.478 e. The molecule has 0 bridgehead atoms. The molecule has 4 N–H and O–H groups in total. The number of nitrogens with two attached hydrogens (primary N) is 1. The molecule has 1 amide bonds. The summed E-state index contributed by atoms with van der Waals surface area (Å²) < 4.78 is 0. The molecular weight excluding hydrogens is 451 g/mol. The summed E-state index contributed by atoms with van der Waals surface area (Å²) >= 11 is 12.5. The van der Waals surface area contributed by atoms with Crippen LogP contribution in [0.5, 0.6) is 0 Å². The number of hydrogen-bond acceptors (Lipinski definition) is 4. The highest BCUT2D eigenvalue weighted by molar-refractivity contribution is 6.42. The highest BCUT2D eigenvalue weighted by Gasteiger charge is 2.33. The second-order valence-electron chi connectivity index (χ2n) is 7.38. The van der Waals surface area contributed by atoms with Crippen molar-refractivity contribution < 1.29 is 14.7 Å². The van der Waals surface area contributed by atoms with Gasteiger partial charge in [-0.05, 0) is 36.7 Å². The van der Waals surface area contributed by atoms with Crippen LogP contribution >= 0.6 is 23.2 Å². The number of hydrogen-bond donors (Lipinski definition) is 3. The Morgan fingerprint density at radius 1 is 1.16 bits per heavy atom. The number of carbonyl (C=O) groups excluding carboxylic acids is 1. The fourth-order valence-electron chi connectivity index (χ4n) is 3.89. The molecule has 2 aromatic carbocycles. The van der Waals surface area contributed by atoms with E-state index < -0.39 is 11.9 Å². The molecule has 0 radical (unpaired) electrons. The molecule has 1 unspecified atom stereocenters. The molecular formula is C23H24Cl2N4O3. The van der Waals surface area contributed by atoms with Gasteiger partial charge in [-0.1, -0.05) is 54.9 Å². The topological polar surface area (TPSA) is 112 Å². The van der Waals surface area contributed by atoms with Crippen LogP contribution < -0.4 is 5.73 Å². The zero-order valence-corrected chi connectivity index (χ0v) is 18.0. The minimum Gasteiger partial charge on any atom is -0.478 e. The molecule has 0 spiro atoms. The van der Waals surface area contributed by atoms with E-state index in [1.165, 1.54) is 12.1 Å². The summed E-state index contributed by atoms with van der Waals surface area (Å²) in [6.07, 6.45) is 0.449. The minimum absolute atomic E-state index is 0.